The lowest BCUT2D eigenvalue weighted by atomic mass is 9.93. The Morgan fingerprint density at radius 3 is 2.79 bits per heavy atom. The number of imide groups is 1. The molecule has 0 radical (unpaired) electrons. The van der Waals surface area contributed by atoms with Gasteiger partial charge < -0.3 is 15.5 Å². The lowest BCUT2D eigenvalue weighted by molar-refractivity contribution is -0.136. The molecule has 0 saturated carbocycles. The van der Waals surface area contributed by atoms with Crippen LogP contribution in [-0.4, -0.2) is 41.8 Å². The summed E-state index contributed by atoms with van der Waals surface area (Å²) in [5.41, 5.74) is 12.7. The van der Waals surface area contributed by atoms with E-state index >= 15 is 0 Å². The number of carbonyl (C=O) groups is 3. The van der Waals surface area contributed by atoms with Gasteiger partial charge in [0.1, 0.15) is 6.04 Å². The third-order valence-electron chi connectivity index (χ3n) is 7.06. The maximum Gasteiger partial charge on any atom is 0.255 e. The summed E-state index contributed by atoms with van der Waals surface area (Å²) < 4.78 is 0. The average Bonchev–Trinajstić information content (AvgIpc) is 3.13. The Morgan fingerprint density at radius 2 is 1.97 bits per heavy atom. The van der Waals surface area contributed by atoms with Crippen molar-refractivity contribution >= 4 is 23.4 Å². The number of rotatable bonds is 6. The molecule has 33 heavy (non-hydrogen) atoms. The highest BCUT2D eigenvalue weighted by Gasteiger charge is 2.39. The van der Waals surface area contributed by atoms with Crippen LogP contribution in [0.1, 0.15) is 58.3 Å². The van der Waals surface area contributed by atoms with Gasteiger partial charge in [-0.2, -0.15) is 0 Å². The summed E-state index contributed by atoms with van der Waals surface area (Å²) in [6, 6.07) is 12.0. The number of carbonyl (C=O) groups excluding carboxylic acids is 3. The number of aryl methyl sites for hydroxylation is 1. The molecule has 3 amide bonds. The van der Waals surface area contributed by atoms with Crippen LogP contribution in [0.15, 0.2) is 36.4 Å². The molecule has 2 aromatic carbocycles. The van der Waals surface area contributed by atoms with Gasteiger partial charge in [0.2, 0.25) is 11.8 Å². The molecule has 5 rings (SSSR count). The lowest BCUT2D eigenvalue weighted by Gasteiger charge is -2.33. The van der Waals surface area contributed by atoms with Crippen LogP contribution in [0.2, 0.25) is 0 Å². The number of hydrogen-bond acceptors (Lipinski definition) is 5. The second kappa shape index (κ2) is 8.98. The Balaban J connectivity index is 1.34. The molecule has 0 aliphatic carbocycles. The largest absolute Gasteiger partial charge is 0.367 e. The molecular formula is C26H30N4O3. The summed E-state index contributed by atoms with van der Waals surface area (Å²) in [7, 11) is 0. The number of nitrogens with zero attached hydrogens (tertiary/aromatic N) is 2. The van der Waals surface area contributed by atoms with Crippen molar-refractivity contribution in [3.63, 3.8) is 0 Å². The van der Waals surface area contributed by atoms with E-state index in [1.54, 1.807) is 4.90 Å². The van der Waals surface area contributed by atoms with Crippen LogP contribution in [-0.2, 0) is 35.5 Å². The highest BCUT2D eigenvalue weighted by atomic mass is 16.2. The molecule has 3 aliphatic rings. The first-order chi connectivity index (χ1) is 16.0. The number of fused-ring (bicyclic) bond motifs is 2. The fraction of sp³-hybridized carbons (Fsp3) is 0.423. The molecule has 0 spiro atoms. The van der Waals surface area contributed by atoms with Gasteiger partial charge in [-0.15, -0.1) is 0 Å². The number of nitrogens with one attached hydrogen (secondary N) is 1. The molecule has 1 fully saturated rings. The predicted molar refractivity (Wildman–Crippen MR) is 126 cm³/mol. The molecule has 3 N–H and O–H groups in total. The van der Waals surface area contributed by atoms with Crippen molar-refractivity contribution in [2.24, 2.45) is 5.73 Å². The summed E-state index contributed by atoms with van der Waals surface area (Å²) in [5.74, 6) is -0.766. The van der Waals surface area contributed by atoms with Gasteiger partial charge in [-0.05, 0) is 73.0 Å². The van der Waals surface area contributed by atoms with Crippen molar-refractivity contribution in [1.29, 1.82) is 0 Å². The average molecular weight is 447 g/mol. The second-order valence-electron chi connectivity index (χ2n) is 9.22. The van der Waals surface area contributed by atoms with Crippen molar-refractivity contribution in [3.05, 3.63) is 64.2 Å². The molecule has 1 unspecified atom stereocenters. The second-order valence-corrected chi connectivity index (χ2v) is 9.22. The number of benzene rings is 2. The highest BCUT2D eigenvalue weighted by Crippen LogP contribution is 2.33. The summed E-state index contributed by atoms with van der Waals surface area (Å²) in [5, 5.41) is 2.36. The molecule has 3 aliphatic heterocycles. The van der Waals surface area contributed by atoms with E-state index in [9.17, 15) is 14.4 Å². The van der Waals surface area contributed by atoms with Crippen LogP contribution in [0.4, 0.5) is 5.69 Å². The Kier molecular flexibility index (Phi) is 5.89. The Bertz CT molecular complexity index is 1110. The highest BCUT2D eigenvalue weighted by molar-refractivity contribution is 6.05. The fourth-order valence-corrected chi connectivity index (χ4v) is 5.41. The summed E-state index contributed by atoms with van der Waals surface area (Å²) in [6.07, 6.45) is 4.90. The van der Waals surface area contributed by atoms with E-state index < -0.39 is 6.04 Å². The van der Waals surface area contributed by atoms with Gasteiger partial charge in [0.05, 0.1) is 0 Å². The summed E-state index contributed by atoms with van der Waals surface area (Å²) in [6.45, 7) is 2.91. The molecule has 0 aromatic heterocycles. The minimum atomic E-state index is -0.577. The molecular weight excluding hydrogens is 416 g/mol. The summed E-state index contributed by atoms with van der Waals surface area (Å²) in [4.78, 5) is 40.8. The summed E-state index contributed by atoms with van der Waals surface area (Å²) >= 11 is 0. The van der Waals surface area contributed by atoms with Crippen LogP contribution in [0, 0.1) is 0 Å². The first-order valence-electron chi connectivity index (χ1n) is 11.9. The van der Waals surface area contributed by atoms with E-state index in [1.165, 1.54) is 16.8 Å². The molecule has 7 nitrogen and oxygen atoms in total. The zero-order chi connectivity index (χ0) is 22.9. The monoisotopic (exact) mass is 446 g/mol. The van der Waals surface area contributed by atoms with Gasteiger partial charge in [-0.3, -0.25) is 19.7 Å². The van der Waals surface area contributed by atoms with E-state index in [0.29, 0.717) is 25.1 Å². The number of piperidine rings is 1. The number of hydrogen-bond donors (Lipinski definition) is 2. The standard InChI is InChI=1S/C26H30N4O3/c27-12-2-5-18-4-1-7-22-20(18)6-3-13-29(22)15-17-8-9-21-19(14-17)16-30(26(21)33)23-10-11-24(31)28-25(23)32/h1,4,7-9,14,23H,2-3,5-6,10-13,15-16,27H2,(H,28,31,32). The van der Waals surface area contributed by atoms with Gasteiger partial charge in [-0.25, -0.2) is 0 Å². The normalized spacial score (nSPS) is 20.0. The van der Waals surface area contributed by atoms with Gasteiger partial charge in [0, 0.05) is 37.3 Å². The first-order valence-corrected chi connectivity index (χ1v) is 11.9. The predicted octanol–water partition coefficient (Wildman–Crippen LogP) is 2.29. The van der Waals surface area contributed by atoms with Gasteiger partial charge in [-0.1, -0.05) is 24.3 Å². The smallest absolute Gasteiger partial charge is 0.255 e. The molecule has 1 saturated heterocycles. The third kappa shape index (κ3) is 4.13. The Hall–Kier alpha value is -3.19. The van der Waals surface area contributed by atoms with Crippen LogP contribution >= 0.6 is 0 Å². The first kappa shape index (κ1) is 21.6. The lowest BCUT2D eigenvalue weighted by Crippen LogP contribution is -2.52. The Labute approximate surface area is 193 Å². The van der Waals surface area contributed by atoms with E-state index in [2.05, 4.69) is 34.5 Å². The van der Waals surface area contributed by atoms with Crippen LogP contribution in [0.5, 0.6) is 0 Å². The van der Waals surface area contributed by atoms with Crippen molar-refractivity contribution in [2.45, 2.75) is 57.7 Å². The number of nitrogens with two attached hydrogens (primary N) is 1. The van der Waals surface area contributed by atoms with Gasteiger partial charge in [0.25, 0.3) is 5.91 Å². The SMILES string of the molecule is NCCCc1cccc2c1CCCN2Cc1ccc2c(c1)CN(C1CCC(=O)NC1=O)C2=O. The number of anilines is 1. The third-order valence-corrected chi connectivity index (χ3v) is 7.06. The molecule has 7 heteroatoms. The molecule has 2 aromatic rings. The van der Waals surface area contributed by atoms with E-state index in [1.807, 2.05) is 12.1 Å². The van der Waals surface area contributed by atoms with Crippen LogP contribution in [0.3, 0.4) is 0 Å². The van der Waals surface area contributed by atoms with Crippen LogP contribution in [0.25, 0.3) is 0 Å². The molecule has 172 valence electrons. The zero-order valence-electron chi connectivity index (χ0n) is 18.8. The molecule has 1 atom stereocenters. The minimum Gasteiger partial charge on any atom is -0.367 e. The molecule has 0 bridgehead atoms. The van der Waals surface area contributed by atoms with E-state index in [4.69, 9.17) is 5.73 Å². The zero-order valence-corrected chi connectivity index (χ0v) is 18.8. The number of amides is 3. The Morgan fingerprint density at radius 1 is 1.09 bits per heavy atom. The van der Waals surface area contributed by atoms with E-state index in [0.717, 1.165) is 49.9 Å². The maximum atomic E-state index is 13.0. The van der Waals surface area contributed by atoms with E-state index in [-0.39, 0.29) is 24.1 Å². The fourth-order valence-electron chi connectivity index (χ4n) is 5.41. The van der Waals surface area contributed by atoms with Gasteiger partial charge in [0.15, 0.2) is 0 Å². The molecule has 3 heterocycles. The van der Waals surface area contributed by atoms with Crippen LogP contribution < -0.4 is 16.0 Å². The van der Waals surface area contributed by atoms with Crippen molar-refractivity contribution in [1.82, 2.24) is 10.2 Å². The van der Waals surface area contributed by atoms with Crippen molar-refractivity contribution in [3.8, 4) is 0 Å². The quantitative estimate of drug-likeness (QED) is 0.664. The minimum absolute atomic E-state index is 0.126. The van der Waals surface area contributed by atoms with Gasteiger partial charge >= 0.3 is 0 Å². The topological polar surface area (TPSA) is 95.7 Å². The maximum absolute atomic E-state index is 13.0. The van der Waals surface area contributed by atoms with Crippen molar-refractivity contribution < 1.29 is 14.4 Å². The van der Waals surface area contributed by atoms with Crippen molar-refractivity contribution in [2.75, 3.05) is 18.0 Å².